The first-order valence-corrected chi connectivity index (χ1v) is 9.35. The molecule has 9 heteroatoms. The first-order chi connectivity index (χ1) is 15.0. The largest absolute Gasteiger partial charge is 0.497 e. The van der Waals surface area contributed by atoms with E-state index in [9.17, 15) is 4.79 Å². The minimum atomic E-state index is -0.584. The van der Waals surface area contributed by atoms with E-state index in [2.05, 4.69) is 10.3 Å². The number of nitrogens with two attached hydrogens (primary N) is 1. The summed E-state index contributed by atoms with van der Waals surface area (Å²) < 4.78 is 17.7. The van der Waals surface area contributed by atoms with Crippen molar-refractivity contribution < 1.29 is 19.0 Å². The Labute approximate surface area is 178 Å². The van der Waals surface area contributed by atoms with Gasteiger partial charge in [0.05, 0.1) is 38.3 Å². The van der Waals surface area contributed by atoms with Gasteiger partial charge in [0.15, 0.2) is 11.5 Å². The molecule has 0 saturated heterocycles. The van der Waals surface area contributed by atoms with Crippen LogP contribution >= 0.6 is 0 Å². The van der Waals surface area contributed by atoms with Crippen molar-refractivity contribution in [2.45, 2.75) is 0 Å². The molecule has 0 aliphatic rings. The van der Waals surface area contributed by atoms with Crippen molar-refractivity contribution in [3.05, 3.63) is 60.4 Å². The van der Waals surface area contributed by atoms with Crippen molar-refractivity contribution in [3.8, 4) is 28.5 Å². The van der Waals surface area contributed by atoms with E-state index in [0.717, 1.165) is 5.56 Å². The number of methoxy groups -OCH3 is 3. The van der Waals surface area contributed by atoms with E-state index >= 15 is 0 Å². The van der Waals surface area contributed by atoms with Crippen molar-refractivity contribution in [3.63, 3.8) is 0 Å². The van der Waals surface area contributed by atoms with Crippen molar-refractivity contribution in [1.82, 2.24) is 14.4 Å². The Hall–Kier alpha value is -4.27. The summed E-state index contributed by atoms with van der Waals surface area (Å²) in [6.45, 7) is 0. The van der Waals surface area contributed by atoms with Gasteiger partial charge in [-0.15, -0.1) is 0 Å². The molecule has 0 aliphatic carbocycles. The second kappa shape index (κ2) is 8.23. The topological polar surface area (TPSA) is 113 Å². The quantitative estimate of drug-likeness (QED) is 0.473. The third-order valence-electron chi connectivity index (χ3n) is 4.81. The molecule has 0 saturated carbocycles. The second-order valence-corrected chi connectivity index (χ2v) is 6.59. The zero-order valence-electron chi connectivity index (χ0n) is 17.2. The van der Waals surface area contributed by atoms with Crippen LogP contribution in [0.3, 0.4) is 0 Å². The number of carbonyl (C=O) groups excluding carboxylic acids is 1. The Balaban J connectivity index is 1.82. The van der Waals surface area contributed by atoms with E-state index in [1.165, 1.54) is 7.11 Å². The molecule has 158 valence electrons. The van der Waals surface area contributed by atoms with E-state index in [1.54, 1.807) is 49.2 Å². The maximum Gasteiger partial charge on any atom is 0.250 e. The summed E-state index contributed by atoms with van der Waals surface area (Å²) in [6, 6.07) is 12.4. The number of benzene rings is 2. The fourth-order valence-corrected chi connectivity index (χ4v) is 3.24. The molecule has 0 unspecified atom stereocenters. The van der Waals surface area contributed by atoms with Gasteiger partial charge in [-0.05, 0) is 36.4 Å². The number of ether oxygens (including phenoxy) is 3. The molecule has 9 nitrogen and oxygen atoms in total. The first kappa shape index (κ1) is 20.0. The molecular formula is C22H21N5O4. The minimum absolute atomic E-state index is 0.283. The Morgan fingerprint density at radius 3 is 2.52 bits per heavy atom. The molecule has 0 fully saturated rings. The number of fused-ring (bicyclic) bond motifs is 1. The van der Waals surface area contributed by atoms with Gasteiger partial charge < -0.3 is 25.3 Å². The van der Waals surface area contributed by atoms with Gasteiger partial charge in [0, 0.05) is 24.0 Å². The van der Waals surface area contributed by atoms with E-state index in [0.29, 0.717) is 40.2 Å². The summed E-state index contributed by atoms with van der Waals surface area (Å²) in [7, 11) is 4.69. The monoisotopic (exact) mass is 419 g/mol. The summed E-state index contributed by atoms with van der Waals surface area (Å²) in [6.07, 6.45) is 3.44. The van der Waals surface area contributed by atoms with Crippen LogP contribution in [0.25, 0.3) is 16.9 Å². The molecular weight excluding hydrogens is 398 g/mol. The van der Waals surface area contributed by atoms with Gasteiger partial charge in [-0.1, -0.05) is 0 Å². The fourth-order valence-electron chi connectivity index (χ4n) is 3.24. The summed E-state index contributed by atoms with van der Waals surface area (Å²) >= 11 is 0. The van der Waals surface area contributed by atoms with E-state index in [4.69, 9.17) is 24.9 Å². The van der Waals surface area contributed by atoms with E-state index < -0.39 is 5.91 Å². The van der Waals surface area contributed by atoms with Crippen molar-refractivity contribution in [2.75, 3.05) is 26.6 Å². The van der Waals surface area contributed by atoms with Crippen LogP contribution in [-0.4, -0.2) is 41.6 Å². The number of hydrogen-bond acceptors (Lipinski definition) is 7. The first-order valence-electron chi connectivity index (χ1n) is 9.35. The van der Waals surface area contributed by atoms with Crippen molar-refractivity contribution >= 4 is 23.2 Å². The fraction of sp³-hybridized carbons (Fsp3) is 0.136. The molecule has 1 amide bonds. The number of amides is 1. The zero-order chi connectivity index (χ0) is 22.0. The van der Waals surface area contributed by atoms with Crippen LogP contribution in [0.4, 0.5) is 11.6 Å². The molecule has 2 heterocycles. The van der Waals surface area contributed by atoms with Crippen LogP contribution < -0.4 is 25.3 Å². The maximum absolute atomic E-state index is 12.0. The summed E-state index contributed by atoms with van der Waals surface area (Å²) in [5, 5.41) is 3.20. The van der Waals surface area contributed by atoms with Crippen LogP contribution in [0.15, 0.2) is 54.9 Å². The van der Waals surface area contributed by atoms with Crippen LogP contribution in [0.5, 0.6) is 17.2 Å². The average molecular weight is 419 g/mol. The predicted molar refractivity (Wildman–Crippen MR) is 116 cm³/mol. The SMILES string of the molecule is COc1ccc(Nc2nc(-c3ccc(OC)c(OC)c3)cc3nccn23)c(C(N)=O)c1. The number of carbonyl (C=O) groups is 1. The third kappa shape index (κ3) is 3.80. The smallest absolute Gasteiger partial charge is 0.250 e. The van der Waals surface area contributed by atoms with Crippen LogP contribution in [0, 0.1) is 0 Å². The summed E-state index contributed by atoms with van der Waals surface area (Å²) in [5.74, 6) is 1.62. The molecule has 31 heavy (non-hydrogen) atoms. The molecule has 2 aromatic carbocycles. The lowest BCUT2D eigenvalue weighted by Gasteiger charge is -2.14. The zero-order valence-corrected chi connectivity index (χ0v) is 17.2. The Kier molecular flexibility index (Phi) is 5.31. The second-order valence-electron chi connectivity index (χ2n) is 6.59. The Morgan fingerprint density at radius 2 is 1.81 bits per heavy atom. The molecule has 4 rings (SSSR count). The molecule has 0 radical (unpaired) electrons. The molecule has 0 aliphatic heterocycles. The number of primary amides is 1. The lowest BCUT2D eigenvalue weighted by Crippen LogP contribution is -2.14. The van der Waals surface area contributed by atoms with Gasteiger partial charge in [-0.2, -0.15) is 0 Å². The number of rotatable bonds is 7. The van der Waals surface area contributed by atoms with Crippen LogP contribution in [-0.2, 0) is 0 Å². The molecule has 0 bridgehead atoms. The average Bonchev–Trinajstić information content (AvgIpc) is 3.27. The maximum atomic E-state index is 12.0. The van der Waals surface area contributed by atoms with Crippen LogP contribution in [0.2, 0.25) is 0 Å². The summed E-state index contributed by atoms with van der Waals surface area (Å²) in [5.41, 5.74) is 8.50. The van der Waals surface area contributed by atoms with Gasteiger partial charge in [0.25, 0.3) is 5.91 Å². The van der Waals surface area contributed by atoms with Gasteiger partial charge in [0.1, 0.15) is 11.4 Å². The third-order valence-corrected chi connectivity index (χ3v) is 4.81. The number of imidazole rings is 1. The van der Waals surface area contributed by atoms with Gasteiger partial charge in [-0.3, -0.25) is 9.20 Å². The molecule has 3 N–H and O–H groups in total. The number of nitrogens with one attached hydrogen (secondary N) is 1. The van der Waals surface area contributed by atoms with Gasteiger partial charge in [0.2, 0.25) is 5.95 Å². The highest BCUT2D eigenvalue weighted by Crippen LogP contribution is 2.33. The lowest BCUT2D eigenvalue weighted by molar-refractivity contribution is 0.100. The van der Waals surface area contributed by atoms with Crippen molar-refractivity contribution in [2.24, 2.45) is 5.73 Å². The summed E-state index contributed by atoms with van der Waals surface area (Å²) in [4.78, 5) is 21.1. The standard InChI is InChI=1S/C22H21N5O4/c1-29-14-5-6-16(15(11-14)21(23)28)25-22-26-17(12-20-24-8-9-27(20)22)13-4-7-18(30-2)19(10-13)31-3/h4-12H,1-3H3,(H2,23,28)(H,25,26). The number of hydrogen-bond donors (Lipinski definition) is 2. The molecule has 0 spiro atoms. The normalized spacial score (nSPS) is 10.7. The van der Waals surface area contributed by atoms with E-state index in [1.807, 2.05) is 24.3 Å². The van der Waals surface area contributed by atoms with E-state index in [-0.39, 0.29) is 5.56 Å². The van der Waals surface area contributed by atoms with Crippen molar-refractivity contribution in [1.29, 1.82) is 0 Å². The Morgan fingerprint density at radius 1 is 1.00 bits per heavy atom. The number of anilines is 2. The predicted octanol–water partition coefficient (Wildman–Crippen LogP) is 3.26. The lowest BCUT2D eigenvalue weighted by atomic mass is 10.1. The van der Waals surface area contributed by atoms with Crippen LogP contribution in [0.1, 0.15) is 10.4 Å². The Bertz CT molecular complexity index is 1270. The molecule has 0 atom stereocenters. The number of nitrogens with zero attached hydrogens (tertiary/aromatic N) is 3. The van der Waals surface area contributed by atoms with Gasteiger partial charge in [-0.25, -0.2) is 9.97 Å². The highest BCUT2D eigenvalue weighted by atomic mass is 16.5. The van der Waals surface area contributed by atoms with Gasteiger partial charge >= 0.3 is 0 Å². The molecule has 2 aromatic heterocycles. The highest BCUT2D eigenvalue weighted by Gasteiger charge is 2.15. The number of aromatic nitrogens is 3. The molecule has 4 aromatic rings. The highest BCUT2D eigenvalue weighted by molar-refractivity contribution is 5.99. The minimum Gasteiger partial charge on any atom is -0.497 e.